The van der Waals surface area contributed by atoms with E-state index < -0.39 is 0 Å². The molecule has 0 radical (unpaired) electrons. The van der Waals surface area contributed by atoms with Crippen molar-refractivity contribution in [3.8, 4) is 0 Å². The molecular formula is C22H26ClFN2O. The molecule has 27 heavy (non-hydrogen) atoms. The van der Waals surface area contributed by atoms with Crippen LogP contribution in [0, 0.1) is 11.7 Å². The van der Waals surface area contributed by atoms with Crippen LogP contribution in [0.4, 0.5) is 10.1 Å². The summed E-state index contributed by atoms with van der Waals surface area (Å²) in [6, 6.07) is 12.8. The summed E-state index contributed by atoms with van der Waals surface area (Å²) in [6.45, 7) is 6.37. The van der Waals surface area contributed by atoms with E-state index in [2.05, 4.69) is 30.1 Å². The number of rotatable bonds is 5. The van der Waals surface area contributed by atoms with Gasteiger partial charge in [0.1, 0.15) is 5.82 Å². The summed E-state index contributed by atoms with van der Waals surface area (Å²) in [4.78, 5) is 14.9. The number of nitrogens with zero attached hydrogens (tertiary/aromatic N) is 1. The first-order valence-electron chi connectivity index (χ1n) is 9.50. The molecule has 0 bridgehead atoms. The summed E-state index contributed by atoms with van der Waals surface area (Å²) in [7, 11) is 0. The smallest absolute Gasteiger partial charge is 0.227 e. The lowest BCUT2D eigenvalue weighted by Crippen LogP contribution is -2.38. The van der Waals surface area contributed by atoms with Gasteiger partial charge in [-0.25, -0.2) is 4.39 Å². The summed E-state index contributed by atoms with van der Waals surface area (Å²) in [5.41, 5.74) is 2.71. The Labute approximate surface area is 165 Å². The Morgan fingerprint density at radius 3 is 2.59 bits per heavy atom. The lowest BCUT2D eigenvalue weighted by Gasteiger charge is -2.31. The van der Waals surface area contributed by atoms with Gasteiger partial charge >= 0.3 is 0 Å². The molecule has 0 aromatic heterocycles. The highest BCUT2D eigenvalue weighted by Crippen LogP contribution is 2.26. The number of hydrogen-bond acceptors (Lipinski definition) is 2. The minimum Gasteiger partial charge on any atom is -0.326 e. The number of amides is 1. The molecule has 1 N–H and O–H groups in total. The maximum atomic E-state index is 14.0. The number of para-hydroxylation sites is 1. The second kappa shape index (κ2) is 8.85. The van der Waals surface area contributed by atoms with E-state index in [-0.39, 0.29) is 17.6 Å². The number of nitrogens with one attached hydrogen (secondary N) is 1. The second-order valence-electron chi connectivity index (χ2n) is 7.52. The van der Waals surface area contributed by atoms with Crippen molar-refractivity contribution in [2.45, 2.75) is 39.2 Å². The summed E-state index contributed by atoms with van der Waals surface area (Å²) in [6.07, 6.45) is 1.57. The van der Waals surface area contributed by atoms with Gasteiger partial charge in [0.25, 0.3) is 0 Å². The molecule has 0 saturated carbocycles. The van der Waals surface area contributed by atoms with Crippen molar-refractivity contribution in [3.05, 3.63) is 64.4 Å². The van der Waals surface area contributed by atoms with Gasteiger partial charge in [-0.3, -0.25) is 9.69 Å². The third-order valence-corrected chi connectivity index (χ3v) is 5.44. The molecule has 1 aliphatic rings. The Morgan fingerprint density at radius 2 is 1.93 bits per heavy atom. The molecule has 1 aliphatic heterocycles. The normalized spacial score (nSPS) is 15.9. The minimum absolute atomic E-state index is 0.00321. The van der Waals surface area contributed by atoms with Crippen LogP contribution in [-0.2, 0) is 11.3 Å². The fraction of sp³-hybridized carbons (Fsp3) is 0.409. The monoisotopic (exact) mass is 388 g/mol. The first-order chi connectivity index (χ1) is 12.9. The molecular weight excluding hydrogens is 363 g/mol. The Bertz CT molecular complexity index is 801. The average molecular weight is 389 g/mol. The minimum atomic E-state index is -0.271. The summed E-state index contributed by atoms with van der Waals surface area (Å²) in [5.74, 6) is 0.169. The highest BCUT2D eigenvalue weighted by molar-refractivity contribution is 6.30. The van der Waals surface area contributed by atoms with Gasteiger partial charge in [0, 0.05) is 28.7 Å². The number of piperidine rings is 1. The first kappa shape index (κ1) is 19.8. The zero-order chi connectivity index (χ0) is 19.4. The molecule has 5 heteroatoms. The van der Waals surface area contributed by atoms with Crippen molar-refractivity contribution < 1.29 is 9.18 Å². The van der Waals surface area contributed by atoms with Crippen LogP contribution in [0.25, 0.3) is 0 Å². The topological polar surface area (TPSA) is 32.3 Å². The number of benzene rings is 2. The van der Waals surface area contributed by atoms with Crippen LogP contribution >= 0.6 is 11.6 Å². The molecule has 1 heterocycles. The van der Waals surface area contributed by atoms with Crippen LogP contribution in [0.3, 0.4) is 0 Å². The van der Waals surface area contributed by atoms with Crippen molar-refractivity contribution in [2.75, 3.05) is 18.4 Å². The molecule has 3 nitrogen and oxygen atoms in total. The quantitative estimate of drug-likeness (QED) is 0.738. The van der Waals surface area contributed by atoms with E-state index in [9.17, 15) is 9.18 Å². The van der Waals surface area contributed by atoms with Crippen molar-refractivity contribution in [1.29, 1.82) is 0 Å². The predicted octanol–water partition coefficient (Wildman–Crippen LogP) is 5.45. The van der Waals surface area contributed by atoms with Crippen LogP contribution in [0.5, 0.6) is 0 Å². The zero-order valence-electron chi connectivity index (χ0n) is 15.8. The van der Waals surface area contributed by atoms with Gasteiger partial charge in [-0.05, 0) is 55.6 Å². The van der Waals surface area contributed by atoms with Gasteiger partial charge in [-0.15, -0.1) is 0 Å². The maximum absolute atomic E-state index is 14.0. The van der Waals surface area contributed by atoms with Gasteiger partial charge < -0.3 is 5.32 Å². The largest absolute Gasteiger partial charge is 0.326 e. The Hall–Kier alpha value is -1.91. The van der Waals surface area contributed by atoms with E-state index in [4.69, 9.17) is 11.6 Å². The standard InChI is InChI=1S/C22H26ClFN2O/c1-15(2)19-5-3-4-6-21(19)25-22(27)16-9-11-26(12-10-16)14-17-7-8-18(23)13-20(17)24/h3-8,13,15-16H,9-12,14H2,1-2H3,(H,25,27). The van der Waals surface area contributed by atoms with E-state index in [1.165, 1.54) is 6.07 Å². The molecule has 1 amide bonds. The van der Waals surface area contributed by atoms with Crippen LogP contribution in [0.1, 0.15) is 43.7 Å². The second-order valence-corrected chi connectivity index (χ2v) is 7.95. The third kappa shape index (κ3) is 5.08. The molecule has 3 rings (SSSR count). The highest BCUT2D eigenvalue weighted by Gasteiger charge is 2.26. The van der Waals surface area contributed by atoms with Crippen LogP contribution in [0.15, 0.2) is 42.5 Å². The van der Waals surface area contributed by atoms with Crippen LogP contribution < -0.4 is 5.32 Å². The number of likely N-dealkylation sites (tertiary alicyclic amines) is 1. The summed E-state index contributed by atoms with van der Waals surface area (Å²) in [5, 5.41) is 3.52. The molecule has 1 fully saturated rings. The average Bonchev–Trinajstić information content (AvgIpc) is 2.65. The van der Waals surface area contributed by atoms with E-state index in [1.54, 1.807) is 12.1 Å². The number of carbonyl (C=O) groups is 1. The Morgan fingerprint density at radius 1 is 1.22 bits per heavy atom. The lowest BCUT2D eigenvalue weighted by molar-refractivity contribution is -0.121. The number of halogens is 2. The molecule has 0 atom stereocenters. The Kier molecular flexibility index (Phi) is 6.51. The summed E-state index contributed by atoms with van der Waals surface area (Å²) >= 11 is 5.81. The van der Waals surface area contributed by atoms with Crippen molar-refractivity contribution >= 4 is 23.2 Å². The molecule has 2 aromatic carbocycles. The Balaban J connectivity index is 1.55. The van der Waals surface area contributed by atoms with E-state index >= 15 is 0 Å². The lowest BCUT2D eigenvalue weighted by atomic mass is 9.94. The molecule has 0 aliphatic carbocycles. The number of carbonyl (C=O) groups excluding carboxylic acids is 1. The molecule has 0 unspecified atom stereocenters. The van der Waals surface area contributed by atoms with Crippen molar-refractivity contribution in [2.24, 2.45) is 5.92 Å². The highest BCUT2D eigenvalue weighted by atomic mass is 35.5. The van der Waals surface area contributed by atoms with E-state index in [0.717, 1.165) is 37.2 Å². The molecule has 2 aromatic rings. The van der Waals surface area contributed by atoms with Gasteiger partial charge in [0.15, 0.2) is 0 Å². The number of anilines is 1. The van der Waals surface area contributed by atoms with Gasteiger partial charge in [0.2, 0.25) is 5.91 Å². The first-order valence-corrected chi connectivity index (χ1v) is 9.88. The third-order valence-electron chi connectivity index (χ3n) is 5.21. The van der Waals surface area contributed by atoms with Gasteiger partial charge in [0.05, 0.1) is 0 Å². The summed E-state index contributed by atoms with van der Waals surface area (Å²) < 4.78 is 14.0. The fourth-order valence-corrected chi connectivity index (χ4v) is 3.75. The zero-order valence-corrected chi connectivity index (χ0v) is 16.6. The van der Waals surface area contributed by atoms with Gasteiger partial charge in [-0.1, -0.05) is 49.7 Å². The van der Waals surface area contributed by atoms with Crippen LogP contribution in [-0.4, -0.2) is 23.9 Å². The van der Waals surface area contributed by atoms with Gasteiger partial charge in [-0.2, -0.15) is 0 Å². The van der Waals surface area contributed by atoms with Crippen LogP contribution in [0.2, 0.25) is 5.02 Å². The fourth-order valence-electron chi connectivity index (χ4n) is 3.59. The maximum Gasteiger partial charge on any atom is 0.227 e. The SMILES string of the molecule is CC(C)c1ccccc1NC(=O)C1CCN(Cc2ccc(Cl)cc2F)CC1. The van der Waals surface area contributed by atoms with E-state index in [0.29, 0.717) is 23.0 Å². The number of hydrogen-bond donors (Lipinski definition) is 1. The molecule has 144 valence electrons. The molecule has 0 spiro atoms. The molecule has 1 saturated heterocycles. The predicted molar refractivity (Wildman–Crippen MR) is 109 cm³/mol. The van der Waals surface area contributed by atoms with Crippen molar-refractivity contribution in [3.63, 3.8) is 0 Å². The van der Waals surface area contributed by atoms with E-state index in [1.807, 2.05) is 18.2 Å². The van der Waals surface area contributed by atoms with Crippen molar-refractivity contribution in [1.82, 2.24) is 4.90 Å².